The number of piperazine rings is 1. The summed E-state index contributed by atoms with van der Waals surface area (Å²) < 4.78 is 5.67. The van der Waals surface area contributed by atoms with Crippen molar-refractivity contribution in [2.75, 3.05) is 19.7 Å². The van der Waals surface area contributed by atoms with E-state index in [0.717, 1.165) is 11.3 Å². The first-order valence-corrected chi connectivity index (χ1v) is 7.37. The van der Waals surface area contributed by atoms with Crippen LogP contribution in [-0.4, -0.2) is 42.5 Å². The van der Waals surface area contributed by atoms with Crippen molar-refractivity contribution in [1.29, 1.82) is 0 Å². The number of para-hydroxylation sites is 1. The van der Waals surface area contributed by atoms with Crippen molar-refractivity contribution < 1.29 is 14.3 Å². The van der Waals surface area contributed by atoms with Crippen LogP contribution in [0.4, 0.5) is 0 Å². The van der Waals surface area contributed by atoms with E-state index in [-0.39, 0.29) is 36.2 Å². The van der Waals surface area contributed by atoms with Crippen molar-refractivity contribution in [3.63, 3.8) is 0 Å². The summed E-state index contributed by atoms with van der Waals surface area (Å²) >= 11 is 0. The summed E-state index contributed by atoms with van der Waals surface area (Å²) in [6.45, 7) is 5.13. The fourth-order valence-electron chi connectivity index (χ4n) is 3.16. The van der Waals surface area contributed by atoms with Gasteiger partial charge in [-0.25, -0.2) is 0 Å². The van der Waals surface area contributed by atoms with Crippen molar-refractivity contribution in [3.8, 4) is 5.75 Å². The lowest BCUT2D eigenvalue weighted by molar-refractivity contribution is -0.147. The quantitative estimate of drug-likeness (QED) is 0.907. The van der Waals surface area contributed by atoms with Crippen LogP contribution in [0.1, 0.15) is 25.3 Å². The molecule has 112 valence electrons. The molecular formula is C16H20N2O3. The molecule has 1 N–H and O–H groups in total. The van der Waals surface area contributed by atoms with Gasteiger partial charge in [0.2, 0.25) is 11.8 Å². The van der Waals surface area contributed by atoms with E-state index in [1.807, 2.05) is 38.1 Å². The minimum Gasteiger partial charge on any atom is -0.493 e. The van der Waals surface area contributed by atoms with Crippen molar-refractivity contribution in [3.05, 3.63) is 29.8 Å². The van der Waals surface area contributed by atoms with Gasteiger partial charge in [0.25, 0.3) is 0 Å². The van der Waals surface area contributed by atoms with E-state index >= 15 is 0 Å². The van der Waals surface area contributed by atoms with Crippen molar-refractivity contribution in [2.45, 2.75) is 25.8 Å². The Bertz CT molecular complexity index is 570. The molecule has 0 saturated carbocycles. The van der Waals surface area contributed by atoms with Crippen molar-refractivity contribution >= 4 is 11.8 Å². The normalized spacial score (nSPS) is 24.8. The third kappa shape index (κ3) is 2.48. The van der Waals surface area contributed by atoms with Gasteiger partial charge in [-0.3, -0.25) is 9.59 Å². The Hall–Kier alpha value is -2.04. The van der Waals surface area contributed by atoms with Gasteiger partial charge in [-0.2, -0.15) is 0 Å². The Morgan fingerprint density at radius 3 is 2.86 bits per heavy atom. The predicted octanol–water partition coefficient (Wildman–Crippen LogP) is 1.15. The van der Waals surface area contributed by atoms with E-state index in [1.54, 1.807) is 4.90 Å². The molecule has 0 radical (unpaired) electrons. The summed E-state index contributed by atoms with van der Waals surface area (Å²) in [5, 5.41) is 2.68. The number of carbonyl (C=O) groups excluding carboxylic acids is 2. The predicted molar refractivity (Wildman–Crippen MR) is 78.0 cm³/mol. The first-order valence-electron chi connectivity index (χ1n) is 7.37. The van der Waals surface area contributed by atoms with Gasteiger partial charge in [-0.15, -0.1) is 0 Å². The second-order valence-electron chi connectivity index (χ2n) is 6.00. The molecule has 5 nitrogen and oxygen atoms in total. The zero-order valence-corrected chi connectivity index (χ0v) is 12.3. The molecular weight excluding hydrogens is 268 g/mol. The van der Waals surface area contributed by atoms with E-state index in [4.69, 9.17) is 4.74 Å². The van der Waals surface area contributed by atoms with E-state index in [2.05, 4.69) is 5.32 Å². The number of benzene rings is 1. The number of carbonyl (C=O) groups is 2. The second kappa shape index (κ2) is 5.39. The van der Waals surface area contributed by atoms with Gasteiger partial charge < -0.3 is 15.0 Å². The monoisotopic (exact) mass is 288 g/mol. The number of ether oxygens (including phenoxy) is 1. The number of hydrogen-bond acceptors (Lipinski definition) is 3. The highest BCUT2D eigenvalue weighted by Gasteiger charge is 2.39. The lowest BCUT2D eigenvalue weighted by Crippen LogP contribution is -2.61. The molecule has 2 heterocycles. The van der Waals surface area contributed by atoms with Gasteiger partial charge in [0, 0.05) is 18.0 Å². The molecule has 1 fully saturated rings. The Balaban J connectivity index is 1.82. The van der Waals surface area contributed by atoms with Crippen molar-refractivity contribution in [1.82, 2.24) is 10.2 Å². The lowest BCUT2D eigenvalue weighted by atomic mass is 9.95. The SMILES string of the molecule is CC(C)C1C(=O)NCC(=O)N1CC1COc2ccccc21. The van der Waals surface area contributed by atoms with Gasteiger partial charge in [-0.05, 0) is 12.0 Å². The molecule has 1 saturated heterocycles. The fourth-order valence-corrected chi connectivity index (χ4v) is 3.16. The van der Waals surface area contributed by atoms with Crippen molar-refractivity contribution in [2.24, 2.45) is 5.92 Å². The number of fused-ring (bicyclic) bond motifs is 1. The van der Waals surface area contributed by atoms with Crippen LogP contribution < -0.4 is 10.1 Å². The molecule has 0 spiro atoms. The van der Waals surface area contributed by atoms with Crippen LogP contribution in [0.2, 0.25) is 0 Å². The van der Waals surface area contributed by atoms with Gasteiger partial charge >= 0.3 is 0 Å². The highest BCUT2D eigenvalue weighted by atomic mass is 16.5. The molecule has 2 aliphatic heterocycles. The largest absolute Gasteiger partial charge is 0.493 e. The summed E-state index contributed by atoms with van der Waals surface area (Å²) in [5.41, 5.74) is 1.12. The van der Waals surface area contributed by atoms with Crippen LogP contribution in [0.15, 0.2) is 24.3 Å². The lowest BCUT2D eigenvalue weighted by Gasteiger charge is -2.38. The fraction of sp³-hybridized carbons (Fsp3) is 0.500. The van der Waals surface area contributed by atoms with E-state index in [1.165, 1.54) is 0 Å². The molecule has 2 unspecified atom stereocenters. The first-order chi connectivity index (χ1) is 10.1. The number of nitrogens with one attached hydrogen (secondary N) is 1. The van der Waals surface area contributed by atoms with Crippen LogP contribution in [0, 0.1) is 5.92 Å². The average Bonchev–Trinajstić information content (AvgIpc) is 2.86. The van der Waals surface area contributed by atoms with E-state index in [9.17, 15) is 9.59 Å². The maximum absolute atomic E-state index is 12.2. The summed E-state index contributed by atoms with van der Waals surface area (Å²) in [6, 6.07) is 7.51. The maximum Gasteiger partial charge on any atom is 0.243 e. The van der Waals surface area contributed by atoms with Gasteiger partial charge in [0.15, 0.2) is 0 Å². The van der Waals surface area contributed by atoms with E-state index < -0.39 is 0 Å². The van der Waals surface area contributed by atoms with Crippen LogP contribution in [-0.2, 0) is 9.59 Å². The van der Waals surface area contributed by atoms with Crippen LogP contribution in [0.5, 0.6) is 5.75 Å². The van der Waals surface area contributed by atoms with Crippen LogP contribution in [0.3, 0.4) is 0 Å². The number of amides is 2. The summed E-state index contributed by atoms with van der Waals surface area (Å²) in [6.07, 6.45) is 0. The average molecular weight is 288 g/mol. The summed E-state index contributed by atoms with van der Waals surface area (Å²) in [7, 11) is 0. The smallest absolute Gasteiger partial charge is 0.243 e. The summed E-state index contributed by atoms with van der Waals surface area (Å²) in [4.78, 5) is 26.0. The second-order valence-corrected chi connectivity index (χ2v) is 6.00. The third-order valence-corrected chi connectivity index (χ3v) is 4.19. The highest BCUT2D eigenvalue weighted by Crippen LogP contribution is 2.34. The third-order valence-electron chi connectivity index (χ3n) is 4.19. The molecule has 0 bridgehead atoms. The number of nitrogens with zero attached hydrogens (tertiary/aromatic N) is 1. The maximum atomic E-state index is 12.2. The highest BCUT2D eigenvalue weighted by molar-refractivity contribution is 5.95. The minimum atomic E-state index is -0.390. The topological polar surface area (TPSA) is 58.6 Å². The molecule has 0 aliphatic carbocycles. The zero-order chi connectivity index (χ0) is 15.0. The Kier molecular flexibility index (Phi) is 3.57. The molecule has 2 atom stereocenters. The molecule has 3 rings (SSSR count). The first kappa shape index (κ1) is 13.9. The number of rotatable bonds is 3. The molecule has 2 amide bonds. The van der Waals surface area contributed by atoms with E-state index in [0.29, 0.717) is 13.2 Å². The Morgan fingerprint density at radius 2 is 2.10 bits per heavy atom. The minimum absolute atomic E-state index is 0.0160. The standard InChI is InChI=1S/C16H20N2O3/c1-10(2)15-16(20)17-7-14(19)18(15)8-11-9-21-13-6-4-3-5-12(11)13/h3-6,10-11,15H,7-9H2,1-2H3,(H,17,20). The molecule has 2 aliphatic rings. The van der Waals surface area contributed by atoms with Crippen LogP contribution in [0.25, 0.3) is 0 Å². The Morgan fingerprint density at radius 1 is 1.33 bits per heavy atom. The summed E-state index contributed by atoms with van der Waals surface area (Å²) in [5.74, 6) is 1.04. The van der Waals surface area contributed by atoms with Crippen LogP contribution >= 0.6 is 0 Å². The molecule has 21 heavy (non-hydrogen) atoms. The Labute approximate surface area is 124 Å². The zero-order valence-electron chi connectivity index (χ0n) is 12.3. The molecule has 0 aromatic heterocycles. The van der Waals surface area contributed by atoms with Gasteiger partial charge in [-0.1, -0.05) is 32.0 Å². The molecule has 5 heteroatoms. The molecule has 1 aromatic rings. The van der Waals surface area contributed by atoms with Gasteiger partial charge in [0.05, 0.1) is 13.2 Å². The molecule has 1 aromatic carbocycles. The number of hydrogen-bond donors (Lipinski definition) is 1. The van der Waals surface area contributed by atoms with Gasteiger partial charge in [0.1, 0.15) is 11.8 Å².